The van der Waals surface area contributed by atoms with E-state index < -0.39 is 6.61 Å². The topological polar surface area (TPSA) is 60.0 Å². The summed E-state index contributed by atoms with van der Waals surface area (Å²) in [5.41, 5.74) is 0.313. The van der Waals surface area contributed by atoms with E-state index in [9.17, 15) is 13.6 Å². The quantitative estimate of drug-likeness (QED) is 0.821. The van der Waals surface area contributed by atoms with E-state index in [0.717, 1.165) is 12.8 Å². The maximum absolute atomic E-state index is 12.8. The summed E-state index contributed by atoms with van der Waals surface area (Å²) in [6.07, 6.45) is 1.85. The Morgan fingerprint density at radius 2 is 1.96 bits per heavy atom. The van der Waals surface area contributed by atoms with E-state index in [0.29, 0.717) is 18.7 Å². The Labute approximate surface area is 139 Å². The molecule has 1 aliphatic heterocycles. The van der Waals surface area contributed by atoms with Gasteiger partial charge in [0.2, 0.25) is 5.75 Å². The summed E-state index contributed by atoms with van der Waals surface area (Å²) in [5, 5.41) is 3.08. The van der Waals surface area contributed by atoms with Crippen LogP contribution in [0.15, 0.2) is 12.1 Å². The molecule has 1 saturated heterocycles. The van der Waals surface area contributed by atoms with Crippen LogP contribution in [0.1, 0.15) is 23.2 Å². The first-order chi connectivity index (χ1) is 11.5. The second-order valence-electron chi connectivity index (χ2n) is 5.44. The lowest BCUT2D eigenvalue weighted by Gasteiger charge is -2.25. The molecule has 134 valence electrons. The van der Waals surface area contributed by atoms with Crippen LogP contribution < -0.4 is 19.5 Å². The van der Waals surface area contributed by atoms with Crippen molar-refractivity contribution in [3.05, 3.63) is 17.7 Å². The van der Waals surface area contributed by atoms with Crippen molar-refractivity contribution < 1.29 is 27.8 Å². The summed E-state index contributed by atoms with van der Waals surface area (Å²) in [4.78, 5) is 14.6. The molecular weight excluding hydrogens is 322 g/mol. The second-order valence-corrected chi connectivity index (χ2v) is 5.44. The lowest BCUT2D eigenvalue weighted by Crippen LogP contribution is -2.40. The molecule has 0 spiro atoms. The van der Waals surface area contributed by atoms with E-state index in [1.54, 1.807) is 4.90 Å². The Morgan fingerprint density at radius 1 is 1.33 bits per heavy atom. The van der Waals surface area contributed by atoms with E-state index in [4.69, 9.17) is 9.47 Å². The van der Waals surface area contributed by atoms with Crippen LogP contribution in [0.3, 0.4) is 0 Å². The standard InChI is InChI=1S/C16H22F2N2O4/c1-19-9-11-5-4-6-20(11)15(21)10-7-12(22-2)14(24-16(17)18)13(8-10)23-3/h7-8,11,16,19H,4-6,9H2,1-3H3. The normalized spacial score (nSPS) is 17.2. The highest BCUT2D eigenvalue weighted by Crippen LogP contribution is 2.40. The number of carbonyl (C=O) groups is 1. The van der Waals surface area contributed by atoms with Gasteiger partial charge in [0.1, 0.15) is 0 Å². The third-order valence-corrected chi connectivity index (χ3v) is 3.99. The van der Waals surface area contributed by atoms with Gasteiger partial charge in [0.15, 0.2) is 11.5 Å². The highest BCUT2D eigenvalue weighted by molar-refractivity contribution is 5.96. The van der Waals surface area contributed by atoms with Crippen LogP contribution in [0.25, 0.3) is 0 Å². The predicted octanol–water partition coefficient (Wildman–Crippen LogP) is 2.13. The molecule has 1 amide bonds. The maximum Gasteiger partial charge on any atom is 0.387 e. The largest absolute Gasteiger partial charge is 0.493 e. The van der Waals surface area contributed by atoms with Gasteiger partial charge in [-0.1, -0.05) is 0 Å². The average Bonchev–Trinajstić information content (AvgIpc) is 3.02. The Balaban J connectivity index is 2.34. The number of rotatable bonds is 7. The molecule has 0 aromatic heterocycles. The van der Waals surface area contributed by atoms with Gasteiger partial charge in [-0.15, -0.1) is 0 Å². The van der Waals surface area contributed by atoms with E-state index in [-0.39, 0.29) is 29.2 Å². The first-order valence-corrected chi connectivity index (χ1v) is 7.68. The first kappa shape index (κ1) is 18.3. The van der Waals surface area contributed by atoms with Crippen LogP contribution in [-0.2, 0) is 0 Å². The lowest BCUT2D eigenvalue weighted by molar-refractivity contribution is -0.0526. The van der Waals surface area contributed by atoms with Crippen molar-refractivity contribution in [2.24, 2.45) is 0 Å². The van der Waals surface area contributed by atoms with Crippen LogP contribution in [-0.4, -0.2) is 57.8 Å². The molecule has 0 saturated carbocycles. The van der Waals surface area contributed by atoms with E-state index in [2.05, 4.69) is 10.1 Å². The Bertz CT molecular complexity index is 558. The lowest BCUT2D eigenvalue weighted by atomic mass is 10.1. The number of alkyl halides is 2. The van der Waals surface area contributed by atoms with Crippen molar-refractivity contribution >= 4 is 5.91 Å². The fourth-order valence-corrected chi connectivity index (χ4v) is 2.93. The molecule has 1 aliphatic rings. The molecule has 6 nitrogen and oxygen atoms in total. The van der Waals surface area contributed by atoms with Crippen molar-refractivity contribution in [1.82, 2.24) is 10.2 Å². The number of benzene rings is 1. The summed E-state index contributed by atoms with van der Waals surface area (Å²) in [7, 11) is 4.48. The minimum absolute atomic E-state index is 0.0300. The van der Waals surface area contributed by atoms with Gasteiger partial charge in [0.25, 0.3) is 5.91 Å². The molecule has 0 radical (unpaired) electrons. The summed E-state index contributed by atoms with van der Waals surface area (Å²) in [6.45, 7) is -1.66. The van der Waals surface area contributed by atoms with Crippen LogP contribution >= 0.6 is 0 Å². The third kappa shape index (κ3) is 3.87. The minimum atomic E-state index is -3.02. The molecule has 1 aromatic carbocycles. The summed E-state index contributed by atoms with van der Waals surface area (Å²) >= 11 is 0. The molecule has 1 N–H and O–H groups in total. The summed E-state index contributed by atoms with van der Waals surface area (Å²) in [5.74, 6) is -0.350. The van der Waals surface area contributed by atoms with Crippen LogP contribution in [0, 0.1) is 0 Å². The van der Waals surface area contributed by atoms with Crippen LogP contribution in [0.2, 0.25) is 0 Å². The Hall–Kier alpha value is -2.09. The number of likely N-dealkylation sites (N-methyl/N-ethyl adjacent to an activating group) is 1. The molecule has 1 fully saturated rings. The molecule has 0 aliphatic carbocycles. The highest BCUT2D eigenvalue weighted by atomic mass is 19.3. The molecule has 1 heterocycles. The number of carbonyl (C=O) groups excluding carboxylic acids is 1. The highest BCUT2D eigenvalue weighted by Gasteiger charge is 2.30. The van der Waals surface area contributed by atoms with Gasteiger partial charge in [-0.25, -0.2) is 0 Å². The summed E-state index contributed by atoms with van der Waals surface area (Å²) < 4.78 is 39.8. The van der Waals surface area contributed by atoms with Crippen LogP contribution in [0.4, 0.5) is 8.78 Å². The zero-order valence-corrected chi connectivity index (χ0v) is 14.0. The molecule has 1 aromatic rings. The van der Waals surface area contributed by atoms with Crippen molar-refractivity contribution in [2.75, 3.05) is 34.4 Å². The van der Waals surface area contributed by atoms with Crippen molar-refractivity contribution in [3.63, 3.8) is 0 Å². The van der Waals surface area contributed by atoms with E-state index >= 15 is 0 Å². The number of methoxy groups -OCH3 is 2. The second kappa shape index (κ2) is 8.14. The summed E-state index contributed by atoms with van der Waals surface area (Å²) in [6, 6.07) is 2.91. The first-order valence-electron chi connectivity index (χ1n) is 7.68. The minimum Gasteiger partial charge on any atom is -0.493 e. The average molecular weight is 344 g/mol. The van der Waals surface area contributed by atoms with Crippen LogP contribution in [0.5, 0.6) is 17.2 Å². The van der Waals surface area contributed by atoms with Gasteiger partial charge in [-0.3, -0.25) is 4.79 Å². The maximum atomic E-state index is 12.8. The van der Waals surface area contributed by atoms with Gasteiger partial charge in [0.05, 0.1) is 14.2 Å². The zero-order chi connectivity index (χ0) is 17.7. The Morgan fingerprint density at radius 3 is 2.46 bits per heavy atom. The molecule has 8 heteroatoms. The van der Waals surface area contributed by atoms with Gasteiger partial charge >= 0.3 is 6.61 Å². The number of ether oxygens (including phenoxy) is 3. The monoisotopic (exact) mass is 344 g/mol. The predicted molar refractivity (Wildman–Crippen MR) is 84.2 cm³/mol. The van der Waals surface area contributed by atoms with Gasteiger partial charge in [-0.05, 0) is 32.0 Å². The third-order valence-electron chi connectivity index (χ3n) is 3.99. The van der Waals surface area contributed by atoms with E-state index in [1.165, 1.54) is 26.4 Å². The van der Waals surface area contributed by atoms with Gasteiger partial charge < -0.3 is 24.4 Å². The number of nitrogens with zero attached hydrogens (tertiary/aromatic N) is 1. The zero-order valence-electron chi connectivity index (χ0n) is 14.0. The smallest absolute Gasteiger partial charge is 0.387 e. The molecule has 1 atom stereocenters. The number of nitrogens with one attached hydrogen (secondary N) is 1. The SMILES string of the molecule is CNCC1CCCN1C(=O)c1cc(OC)c(OC(F)F)c(OC)c1. The fourth-order valence-electron chi connectivity index (χ4n) is 2.93. The number of likely N-dealkylation sites (tertiary alicyclic amines) is 1. The van der Waals surface area contributed by atoms with Crippen molar-refractivity contribution in [3.8, 4) is 17.2 Å². The Kier molecular flexibility index (Phi) is 6.19. The van der Waals surface area contributed by atoms with Crippen molar-refractivity contribution in [1.29, 1.82) is 0 Å². The fraction of sp³-hybridized carbons (Fsp3) is 0.562. The number of halogens is 2. The molecular formula is C16H22F2N2O4. The molecule has 0 bridgehead atoms. The molecule has 2 rings (SSSR count). The van der Waals surface area contributed by atoms with Crippen molar-refractivity contribution in [2.45, 2.75) is 25.5 Å². The van der Waals surface area contributed by atoms with Gasteiger partial charge in [-0.2, -0.15) is 8.78 Å². The molecule has 24 heavy (non-hydrogen) atoms. The van der Waals surface area contributed by atoms with Gasteiger partial charge in [0, 0.05) is 24.7 Å². The number of amides is 1. The van der Waals surface area contributed by atoms with E-state index in [1.807, 2.05) is 7.05 Å². The molecule has 1 unspecified atom stereocenters. The number of hydrogen-bond acceptors (Lipinski definition) is 5. The number of hydrogen-bond donors (Lipinski definition) is 1.